The molecular formula is C20H25N3O6. The molecule has 1 aromatic heterocycles. The van der Waals surface area contributed by atoms with Crippen LogP contribution in [0.3, 0.4) is 0 Å². The number of methoxy groups -OCH3 is 2. The van der Waals surface area contributed by atoms with Crippen molar-refractivity contribution in [3.05, 3.63) is 35.6 Å². The molecule has 2 aromatic rings. The van der Waals surface area contributed by atoms with E-state index in [1.807, 2.05) is 0 Å². The zero-order valence-electron chi connectivity index (χ0n) is 16.8. The van der Waals surface area contributed by atoms with Crippen LogP contribution in [0.1, 0.15) is 29.0 Å². The SMILES string of the molecule is COc1cccc(OC)c1C(=O)N(CC(=O)Nc1cc(C)on1)C[C@@H]1CCCO1. The number of amides is 2. The number of rotatable bonds is 8. The minimum atomic E-state index is -0.390. The maximum atomic E-state index is 13.4. The molecule has 0 aliphatic carbocycles. The van der Waals surface area contributed by atoms with Crippen LogP contribution < -0.4 is 14.8 Å². The fourth-order valence-electron chi connectivity index (χ4n) is 3.25. The van der Waals surface area contributed by atoms with Crippen molar-refractivity contribution in [1.29, 1.82) is 0 Å². The van der Waals surface area contributed by atoms with Gasteiger partial charge in [-0.3, -0.25) is 9.59 Å². The molecule has 1 aliphatic rings. The molecular weight excluding hydrogens is 378 g/mol. The van der Waals surface area contributed by atoms with Crippen molar-refractivity contribution >= 4 is 17.6 Å². The average Bonchev–Trinajstić information content (AvgIpc) is 3.37. The molecule has 1 atom stereocenters. The summed E-state index contributed by atoms with van der Waals surface area (Å²) in [6, 6.07) is 6.70. The number of hydrogen-bond acceptors (Lipinski definition) is 7. The lowest BCUT2D eigenvalue weighted by molar-refractivity contribution is -0.117. The van der Waals surface area contributed by atoms with Crippen LogP contribution in [0.2, 0.25) is 0 Å². The summed E-state index contributed by atoms with van der Waals surface area (Å²) in [5.41, 5.74) is 0.264. The van der Waals surface area contributed by atoms with E-state index in [-0.39, 0.29) is 30.7 Å². The van der Waals surface area contributed by atoms with E-state index in [1.165, 1.54) is 19.1 Å². The van der Waals surface area contributed by atoms with E-state index in [0.717, 1.165) is 12.8 Å². The number of ether oxygens (including phenoxy) is 3. The Balaban J connectivity index is 1.82. The number of carbonyl (C=O) groups is 2. The van der Waals surface area contributed by atoms with Gasteiger partial charge in [0.25, 0.3) is 5.91 Å². The fraction of sp³-hybridized carbons (Fsp3) is 0.450. The molecule has 0 saturated carbocycles. The second kappa shape index (κ2) is 9.42. The molecule has 0 unspecified atom stereocenters. The first-order valence-electron chi connectivity index (χ1n) is 9.37. The normalized spacial score (nSPS) is 15.8. The number of anilines is 1. The summed E-state index contributed by atoms with van der Waals surface area (Å²) in [5.74, 6) is 0.858. The molecule has 1 fully saturated rings. The third-order valence-corrected chi connectivity index (χ3v) is 4.61. The van der Waals surface area contributed by atoms with Gasteiger partial charge in [-0.05, 0) is 31.9 Å². The van der Waals surface area contributed by atoms with E-state index < -0.39 is 5.91 Å². The molecule has 3 rings (SSSR count). The summed E-state index contributed by atoms with van der Waals surface area (Å²) in [4.78, 5) is 27.4. The van der Waals surface area contributed by atoms with Gasteiger partial charge in [-0.2, -0.15) is 0 Å². The van der Waals surface area contributed by atoms with Crippen molar-refractivity contribution in [2.45, 2.75) is 25.9 Å². The van der Waals surface area contributed by atoms with Crippen molar-refractivity contribution in [3.8, 4) is 11.5 Å². The highest BCUT2D eigenvalue weighted by molar-refractivity contribution is 6.02. The predicted molar refractivity (Wildman–Crippen MR) is 104 cm³/mol. The summed E-state index contributed by atoms with van der Waals surface area (Å²) >= 11 is 0. The van der Waals surface area contributed by atoms with E-state index >= 15 is 0 Å². The molecule has 29 heavy (non-hydrogen) atoms. The van der Waals surface area contributed by atoms with Crippen LogP contribution in [0.4, 0.5) is 5.82 Å². The second-order valence-electron chi connectivity index (χ2n) is 6.73. The Hall–Kier alpha value is -3.07. The molecule has 9 nitrogen and oxygen atoms in total. The largest absolute Gasteiger partial charge is 0.496 e. The van der Waals surface area contributed by atoms with Gasteiger partial charge in [-0.1, -0.05) is 11.2 Å². The lowest BCUT2D eigenvalue weighted by Gasteiger charge is -2.26. The first-order chi connectivity index (χ1) is 14.0. The Bertz CT molecular complexity index is 837. The van der Waals surface area contributed by atoms with Crippen molar-refractivity contribution in [1.82, 2.24) is 10.1 Å². The first kappa shape index (κ1) is 20.7. The number of hydrogen-bond donors (Lipinski definition) is 1. The van der Waals surface area contributed by atoms with Gasteiger partial charge in [0.2, 0.25) is 5.91 Å². The number of aryl methyl sites for hydroxylation is 1. The number of benzene rings is 1. The van der Waals surface area contributed by atoms with Crippen LogP contribution in [-0.4, -0.2) is 61.9 Å². The lowest BCUT2D eigenvalue weighted by Crippen LogP contribution is -2.42. The lowest BCUT2D eigenvalue weighted by atomic mass is 10.1. The van der Waals surface area contributed by atoms with Crippen LogP contribution in [0.15, 0.2) is 28.8 Å². The summed E-state index contributed by atoms with van der Waals surface area (Å²) in [6.07, 6.45) is 1.63. The van der Waals surface area contributed by atoms with E-state index in [2.05, 4.69) is 10.5 Å². The molecule has 0 radical (unpaired) electrons. The highest BCUT2D eigenvalue weighted by Gasteiger charge is 2.29. The van der Waals surface area contributed by atoms with Gasteiger partial charge in [0.15, 0.2) is 5.82 Å². The number of nitrogens with one attached hydrogen (secondary N) is 1. The van der Waals surface area contributed by atoms with E-state index in [9.17, 15) is 9.59 Å². The zero-order chi connectivity index (χ0) is 20.8. The van der Waals surface area contributed by atoms with Crippen LogP contribution in [0.5, 0.6) is 11.5 Å². The Kier molecular flexibility index (Phi) is 6.71. The Morgan fingerprint density at radius 2 is 2.00 bits per heavy atom. The Morgan fingerprint density at radius 1 is 1.28 bits per heavy atom. The smallest absolute Gasteiger partial charge is 0.261 e. The highest BCUT2D eigenvalue weighted by Crippen LogP contribution is 2.30. The summed E-state index contributed by atoms with van der Waals surface area (Å²) < 4.78 is 21.3. The van der Waals surface area contributed by atoms with Gasteiger partial charge in [-0.15, -0.1) is 0 Å². The molecule has 0 spiro atoms. The summed E-state index contributed by atoms with van der Waals surface area (Å²) in [6.45, 7) is 2.48. The van der Waals surface area contributed by atoms with Crippen molar-refractivity contribution in [2.24, 2.45) is 0 Å². The molecule has 9 heteroatoms. The minimum absolute atomic E-state index is 0.123. The molecule has 1 saturated heterocycles. The monoisotopic (exact) mass is 403 g/mol. The maximum absolute atomic E-state index is 13.4. The quantitative estimate of drug-likeness (QED) is 0.721. The standard InChI is InChI=1S/C20H25N3O6/c1-13-10-17(22-29-13)21-18(24)12-23(11-14-6-5-9-28-14)20(25)19-15(26-2)7-4-8-16(19)27-3/h4,7-8,10,14H,5-6,9,11-12H2,1-3H3,(H,21,22,24)/t14-/m0/s1. The average molecular weight is 403 g/mol. The van der Waals surface area contributed by atoms with E-state index in [0.29, 0.717) is 29.7 Å². The number of aromatic nitrogens is 1. The van der Waals surface area contributed by atoms with E-state index in [1.54, 1.807) is 31.2 Å². The van der Waals surface area contributed by atoms with Crippen LogP contribution >= 0.6 is 0 Å². The highest BCUT2D eigenvalue weighted by atomic mass is 16.5. The van der Waals surface area contributed by atoms with Gasteiger partial charge in [0.05, 0.1) is 20.3 Å². The third-order valence-electron chi connectivity index (χ3n) is 4.61. The topological polar surface area (TPSA) is 103 Å². The number of nitrogens with zero attached hydrogens (tertiary/aromatic N) is 2. The van der Waals surface area contributed by atoms with E-state index in [4.69, 9.17) is 18.7 Å². The van der Waals surface area contributed by atoms with Gasteiger partial charge < -0.3 is 29.0 Å². The minimum Gasteiger partial charge on any atom is -0.496 e. The molecule has 0 bridgehead atoms. The van der Waals surface area contributed by atoms with Crippen LogP contribution in [0.25, 0.3) is 0 Å². The van der Waals surface area contributed by atoms with Crippen LogP contribution in [-0.2, 0) is 9.53 Å². The third kappa shape index (κ3) is 5.05. The number of carbonyl (C=O) groups excluding carboxylic acids is 2. The molecule has 2 amide bonds. The van der Waals surface area contributed by atoms with Crippen molar-refractivity contribution in [3.63, 3.8) is 0 Å². The predicted octanol–water partition coefficient (Wildman–Crippen LogP) is 2.26. The molecule has 1 N–H and O–H groups in total. The van der Waals surface area contributed by atoms with Crippen LogP contribution in [0, 0.1) is 6.92 Å². The van der Waals surface area contributed by atoms with Gasteiger partial charge in [-0.25, -0.2) is 0 Å². The molecule has 1 aliphatic heterocycles. The molecule has 156 valence electrons. The van der Waals surface area contributed by atoms with Crippen molar-refractivity contribution in [2.75, 3.05) is 39.2 Å². The first-order valence-corrected chi connectivity index (χ1v) is 9.37. The summed E-state index contributed by atoms with van der Waals surface area (Å²) in [7, 11) is 2.96. The summed E-state index contributed by atoms with van der Waals surface area (Å²) in [5, 5.41) is 6.39. The second-order valence-corrected chi connectivity index (χ2v) is 6.73. The van der Waals surface area contributed by atoms with Crippen molar-refractivity contribution < 1.29 is 28.3 Å². The van der Waals surface area contributed by atoms with Gasteiger partial charge in [0, 0.05) is 19.2 Å². The Labute approximate surface area is 168 Å². The van der Waals surface area contributed by atoms with Gasteiger partial charge in [0.1, 0.15) is 29.4 Å². The molecule has 2 heterocycles. The maximum Gasteiger partial charge on any atom is 0.261 e. The molecule has 1 aromatic carbocycles. The fourth-order valence-corrected chi connectivity index (χ4v) is 3.25. The zero-order valence-corrected chi connectivity index (χ0v) is 16.8. The van der Waals surface area contributed by atoms with Gasteiger partial charge >= 0.3 is 0 Å². The Morgan fingerprint density at radius 3 is 2.55 bits per heavy atom.